The molecule has 98 valence electrons. The van der Waals surface area contributed by atoms with Crippen molar-refractivity contribution in [2.24, 2.45) is 0 Å². The molecule has 0 saturated carbocycles. The monoisotopic (exact) mass is 252 g/mol. The summed E-state index contributed by atoms with van der Waals surface area (Å²) in [6, 6.07) is 6.21. The van der Waals surface area contributed by atoms with E-state index in [0.717, 1.165) is 5.56 Å². The minimum absolute atomic E-state index is 0.0255. The van der Waals surface area contributed by atoms with E-state index in [1.807, 2.05) is 4.90 Å². The molecular formula is C13H17FN2O2. The molecule has 0 amide bonds. The molecule has 5 heteroatoms. The van der Waals surface area contributed by atoms with Crippen LogP contribution in [-0.4, -0.2) is 41.4 Å². The second-order valence-electron chi connectivity index (χ2n) is 4.00. The van der Waals surface area contributed by atoms with Gasteiger partial charge in [0, 0.05) is 26.2 Å². The highest BCUT2D eigenvalue weighted by Crippen LogP contribution is 2.11. The average Bonchev–Trinajstić information content (AvgIpc) is 2.38. The van der Waals surface area contributed by atoms with Crippen molar-refractivity contribution in [3.05, 3.63) is 35.1 Å². The molecule has 0 aliphatic heterocycles. The fraction of sp³-hybridized carbons (Fsp3) is 0.462. The topological polar surface area (TPSA) is 67.5 Å². The Labute approximate surface area is 106 Å². The van der Waals surface area contributed by atoms with Gasteiger partial charge in [-0.1, -0.05) is 6.07 Å². The zero-order chi connectivity index (χ0) is 13.4. The van der Waals surface area contributed by atoms with Crippen LogP contribution in [0.1, 0.15) is 17.5 Å². The van der Waals surface area contributed by atoms with Crippen molar-refractivity contribution in [3.8, 4) is 6.07 Å². The highest BCUT2D eigenvalue weighted by Gasteiger charge is 2.08. The summed E-state index contributed by atoms with van der Waals surface area (Å²) in [5.74, 6) is -0.523. The van der Waals surface area contributed by atoms with Crippen LogP contribution < -0.4 is 0 Å². The third-order valence-electron chi connectivity index (χ3n) is 2.61. The van der Waals surface area contributed by atoms with Crippen LogP contribution in [0.5, 0.6) is 0 Å². The van der Waals surface area contributed by atoms with E-state index in [9.17, 15) is 4.39 Å². The van der Waals surface area contributed by atoms with Crippen molar-refractivity contribution in [2.45, 2.75) is 13.0 Å². The quantitative estimate of drug-likeness (QED) is 0.755. The Hall–Kier alpha value is -1.48. The highest BCUT2D eigenvalue weighted by atomic mass is 19.1. The summed E-state index contributed by atoms with van der Waals surface area (Å²) in [6.45, 7) is 1.78. The molecule has 0 radical (unpaired) electrons. The predicted molar refractivity (Wildman–Crippen MR) is 65.2 cm³/mol. The first-order valence-corrected chi connectivity index (χ1v) is 5.84. The van der Waals surface area contributed by atoms with Gasteiger partial charge >= 0.3 is 0 Å². The van der Waals surface area contributed by atoms with E-state index in [1.54, 1.807) is 12.1 Å². The van der Waals surface area contributed by atoms with Gasteiger partial charge in [0.15, 0.2) is 0 Å². The van der Waals surface area contributed by atoms with E-state index in [1.165, 1.54) is 12.1 Å². The van der Waals surface area contributed by atoms with Crippen LogP contribution in [0.2, 0.25) is 0 Å². The molecule has 0 aliphatic carbocycles. The van der Waals surface area contributed by atoms with Gasteiger partial charge < -0.3 is 10.2 Å². The van der Waals surface area contributed by atoms with E-state index < -0.39 is 5.82 Å². The van der Waals surface area contributed by atoms with Gasteiger partial charge in [0.1, 0.15) is 11.9 Å². The Morgan fingerprint density at radius 2 is 2.00 bits per heavy atom. The first-order chi connectivity index (χ1) is 8.71. The summed E-state index contributed by atoms with van der Waals surface area (Å²) in [6.07, 6.45) is 0.617. The van der Waals surface area contributed by atoms with Crippen LogP contribution in [0.25, 0.3) is 0 Å². The Bertz CT molecular complexity index is 418. The maximum atomic E-state index is 13.1. The van der Waals surface area contributed by atoms with Crippen LogP contribution in [0.4, 0.5) is 4.39 Å². The van der Waals surface area contributed by atoms with Gasteiger partial charge in [-0.15, -0.1) is 0 Å². The first-order valence-electron chi connectivity index (χ1n) is 5.84. The number of halogens is 1. The summed E-state index contributed by atoms with van der Waals surface area (Å²) in [5, 5.41) is 26.5. The lowest BCUT2D eigenvalue weighted by molar-refractivity contribution is 0.174. The molecule has 0 spiro atoms. The van der Waals surface area contributed by atoms with Crippen LogP contribution >= 0.6 is 0 Å². The normalized spacial score (nSPS) is 10.6. The molecule has 1 aromatic carbocycles. The number of benzene rings is 1. The van der Waals surface area contributed by atoms with E-state index in [4.69, 9.17) is 15.5 Å². The highest BCUT2D eigenvalue weighted by molar-refractivity contribution is 5.34. The fourth-order valence-corrected chi connectivity index (χ4v) is 1.72. The lowest BCUT2D eigenvalue weighted by Crippen LogP contribution is -2.28. The van der Waals surface area contributed by atoms with Gasteiger partial charge in [0.05, 0.1) is 12.2 Å². The van der Waals surface area contributed by atoms with Gasteiger partial charge in [-0.3, -0.25) is 4.90 Å². The zero-order valence-electron chi connectivity index (χ0n) is 10.1. The van der Waals surface area contributed by atoms with Crippen molar-refractivity contribution >= 4 is 0 Å². The molecule has 4 nitrogen and oxygen atoms in total. The Morgan fingerprint density at radius 1 is 1.22 bits per heavy atom. The minimum atomic E-state index is -0.523. The molecule has 0 aliphatic rings. The second-order valence-corrected chi connectivity index (χ2v) is 4.00. The smallest absolute Gasteiger partial charge is 0.140 e. The van der Waals surface area contributed by atoms with Gasteiger partial charge in [0.2, 0.25) is 0 Å². The number of nitriles is 1. The van der Waals surface area contributed by atoms with Gasteiger partial charge in [-0.05, 0) is 24.1 Å². The predicted octanol–water partition coefficient (Wildman–Crippen LogP) is 0.874. The number of aliphatic hydroxyl groups is 2. The number of aliphatic hydroxyl groups excluding tert-OH is 2. The molecule has 2 N–H and O–H groups in total. The summed E-state index contributed by atoms with van der Waals surface area (Å²) in [4.78, 5) is 1.95. The lowest BCUT2D eigenvalue weighted by Gasteiger charge is -2.21. The van der Waals surface area contributed by atoms with E-state index in [2.05, 4.69) is 0 Å². The Balaban J connectivity index is 2.71. The van der Waals surface area contributed by atoms with Gasteiger partial charge in [0.25, 0.3) is 0 Å². The standard InChI is InChI=1S/C13H17FN2O2/c14-13-3-2-11(8-12(13)9-15)10-16(5-7-18)4-1-6-17/h2-3,8,17-18H,1,4-7,10H2. The molecular weight excluding hydrogens is 235 g/mol. The molecule has 0 heterocycles. The van der Waals surface area contributed by atoms with Gasteiger partial charge in [-0.2, -0.15) is 5.26 Å². The van der Waals surface area contributed by atoms with E-state index in [-0.39, 0.29) is 18.8 Å². The van der Waals surface area contributed by atoms with Crippen LogP contribution in [0, 0.1) is 17.1 Å². The first kappa shape index (κ1) is 14.6. The molecule has 0 unspecified atom stereocenters. The fourth-order valence-electron chi connectivity index (χ4n) is 1.72. The molecule has 1 rings (SSSR count). The average molecular weight is 252 g/mol. The number of hydrogen-bond donors (Lipinski definition) is 2. The minimum Gasteiger partial charge on any atom is -0.396 e. The Morgan fingerprint density at radius 3 is 2.61 bits per heavy atom. The molecule has 0 fully saturated rings. The van der Waals surface area contributed by atoms with Gasteiger partial charge in [-0.25, -0.2) is 4.39 Å². The number of rotatable bonds is 7. The molecule has 0 atom stereocenters. The van der Waals surface area contributed by atoms with Crippen molar-refractivity contribution in [2.75, 3.05) is 26.3 Å². The molecule has 0 saturated heterocycles. The third-order valence-corrected chi connectivity index (χ3v) is 2.61. The van der Waals surface area contributed by atoms with E-state index >= 15 is 0 Å². The third kappa shape index (κ3) is 4.41. The summed E-state index contributed by atoms with van der Waals surface area (Å²) >= 11 is 0. The second kappa shape index (κ2) is 7.77. The maximum absolute atomic E-state index is 13.1. The van der Waals surface area contributed by atoms with E-state index in [0.29, 0.717) is 26.1 Å². The Kier molecular flexibility index (Phi) is 6.29. The number of hydrogen-bond acceptors (Lipinski definition) is 4. The van der Waals surface area contributed by atoms with Crippen LogP contribution in [-0.2, 0) is 6.54 Å². The summed E-state index contributed by atoms with van der Waals surface area (Å²) < 4.78 is 13.1. The lowest BCUT2D eigenvalue weighted by atomic mass is 10.1. The summed E-state index contributed by atoms with van der Waals surface area (Å²) in [5.41, 5.74) is 0.845. The van der Waals surface area contributed by atoms with Crippen molar-refractivity contribution in [1.82, 2.24) is 4.90 Å². The van der Waals surface area contributed by atoms with Crippen LogP contribution in [0.3, 0.4) is 0 Å². The SMILES string of the molecule is N#Cc1cc(CN(CCO)CCCO)ccc1F. The summed E-state index contributed by atoms with van der Waals surface area (Å²) in [7, 11) is 0. The molecule has 0 bridgehead atoms. The largest absolute Gasteiger partial charge is 0.396 e. The van der Waals surface area contributed by atoms with Crippen molar-refractivity contribution < 1.29 is 14.6 Å². The number of nitrogens with zero attached hydrogens (tertiary/aromatic N) is 2. The molecule has 1 aromatic rings. The maximum Gasteiger partial charge on any atom is 0.140 e. The molecule has 0 aromatic heterocycles. The molecule has 18 heavy (non-hydrogen) atoms. The van der Waals surface area contributed by atoms with Crippen molar-refractivity contribution in [3.63, 3.8) is 0 Å². The van der Waals surface area contributed by atoms with Crippen molar-refractivity contribution in [1.29, 1.82) is 5.26 Å². The zero-order valence-corrected chi connectivity index (χ0v) is 10.1. The van der Waals surface area contributed by atoms with Crippen LogP contribution in [0.15, 0.2) is 18.2 Å².